The Balaban J connectivity index is 2.17. The Hall–Kier alpha value is -2.46. The summed E-state index contributed by atoms with van der Waals surface area (Å²) in [4.78, 5) is 23.5. The van der Waals surface area contributed by atoms with E-state index in [1.807, 2.05) is 54.6 Å². The number of rotatable bonds is 5. The first-order chi connectivity index (χ1) is 11.3. The maximum Gasteiger partial charge on any atom is 0.318 e. The Bertz CT molecular complexity index is 687. The molecule has 0 aliphatic heterocycles. The molecule has 0 aliphatic rings. The van der Waals surface area contributed by atoms with Crippen LogP contribution in [0.4, 0.5) is 0 Å². The molecular weight excluding hydrogens is 302 g/mol. The zero-order valence-electron chi connectivity index (χ0n) is 14.2. The fourth-order valence-electron chi connectivity index (χ4n) is 2.39. The minimum Gasteiger partial charge on any atom is -0.459 e. The van der Waals surface area contributed by atoms with Crippen LogP contribution in [0.3, 0.4) is 0 Å². The molecule has 2 N–H and O–H groups in total. The van der Waals surface area contributed by atoms with Crippen LogP contribution in [0.1, 0.15) is 32.4 Å². The molecule has 126 valence electrons. The van der Waals surface area contributed by atoms with Crippen LogP contribution in [0, 0.1) is 5.92 Å². The van der Waals surface area contributed by atoms with Crippen molar-refractivity contribution in [2.45, 2.75) is 32.4 Å². The lowest BCUT2D eigenvalue weighted by atomic mass is 9.93. The van der Waals surface area contributed by atoms with Gasteiger partial charge in [0.2, 0.25) is 0 Å². The van der Waals surface area contributed by atoms with Crippen LogP contribution in [-0.4, -0.2) is 17.9 Å². The highest BCUT2D eigenvalue weighted by molar-refractivity contribution is 5.89. The summed E-state index contributed by atoms with van der Waals surface area (Å²) >= 11 is 0. The maximum atomic E-state index is 12.2. The first kappa shape index (κ1) is 17.9. The van der Waals surface area contributed by atoms with Gasteiger partial charge < -0.3 is 15.3 Å². The summed E-state index contributed by atoms with van der Waals surface area (Å²) in [6.45, 7) is 5.27. The average Bonchev–Trinajstić information content (AvgIpc) is 2.55. The number of aldehydes is 1. The van der Waals surface area contributed by atoms with Crippen molar-refractivity contribution in [3.05, 3.63) is 60.2 Å². The molecule has 0 heterocycles. The molecule has 0 amide bonds. The second kappa shape index (κ2) is 7.41. The molecule has 4 heteroatoms. The normalized spacial score (nSPS) is 13.8. The molecule has 2 rings (SSSR count). The highest BCUT2D eigenvalue weighted by atomic mass is 16.6. The van der Waals surface area contributed by atoms with Gasteiger partial charge in [0.1, 0.15) is 17.8 Å². The molecule has 0 radical (unpaired) electrons. The van der Waals surface area contributed by atoms with Crippen molar-refractivity contribution in [1.29, 1.82) is 0 Å². The highest BCUT2D eigenvalue weighted by Crippen LogP contribution is 2.25. The second-order valence-corrected chi connectivity index (χ2v) is 6.71. The van der Waals surface area contributed by atoms with Crippen LogP contribution in [0.5, 0.6) is 0 Å². The van der Waals surface area contributed by atoms with Gasteiger partial charge in [-0.1, -0.05) is 54.6 Å². The first-order valence-electron chi connectivity index (χ1n) is 7.91. The summed E-state index contributed by atoms with van der Waals surface area (Å²) < 4.78 is 5.28. The van der Waals surface area contributed by atoms with E-state index in [4.69, 9.17) is 10.5 Å². The number of hydrogen-bond acceptors (Lipinski definition) is 4. The van der Waals surface area contributed by atoms with Crippen molar-refractivity contribution in [2.24, 2.45) is 11.7 Å². The maximum absolute atomic E-state index is 12.2. The summed E-state index contributed by atoms with van der Waals surface area (Å²) in [7, 11) is 0. The molecule has 2 atom stereocenters. The van der Waals surface area contributed by atoms with Crippen molar-refractivity contribution >= 4 is 12.3 Å². The van der Waals surface area contributed by atoms with Crippen molar-refractivity contribution in [1.82, 2.24) is 0 Å². The molecule has 0 fully saturated rings. The zero-order valence-corrected chi connectivity index (χ0v) is 14.2. The van der Waals surface area contributed by atoms with Gasteiger partial charge in [-0.15, -0.1) is 0 Å². The summed E-state index contributed by atoms with van der Waals surface area (Å²) in [6, 6.07) is 16.8. The molecule has 0 unspecified atom stereocenters. The molecule has 0 bridgehead atoms. The number of hydrogen-bond donors (Lipinski definition) is 1. The van der Waals surface area contributed by atoms with Crippen molar-refractivity contribution in [3.63, 3.8) is 0 Å². The summed E-state index contributed by atoms with van der Waals surface area (Å²) in [5.41, 5.74) is 8.33. The lowest BCUT2D eigenvalue weighted by molar-refractivity contribution is -0.161. The lowest BCUT2D eigenvalue weighted by Gasteiger charge is -2.24. The van der Waals surface area contributed by atoms with E-state index in [-0.39, 0.29) is 0 Å². The zero-order chi connectivity index (χ0) is 17.7. The van der Waals surface area contributed by atoms with E-state index >= 15 is 0 Å². The van der Waals surface area contributed by atoms with Crippen molar-refractivity contribution in [2.75, 3.05) is 0 Å². The monoisotopic (exact) mass is 325 g/mol. The van der Waals surface area contributed by atoms with E-state index in [1.54, 1.807) is 20.8 Å². The van der Waals surface area contributed by atoms with Gasteiger partial charge in [-0.3, -0.25) is 4.79 Å². The van der Waals surface area contributed by atoms with Crippen molar-refractivity contribution < 1.29 is 14.3 Å². The van der Waals surface area contributed by atoms with Crippen LogP contribution >= 0.6 is 0 Å². The average molecular weight is 325 g/mol. The van der Waals surface area contributed by atoms with Crippen LogP contribution in [0.2, 0.25) is 0 Å². The third kappa shape index (κ3) is 4.52. The summed E-state index contributed by atoms with van der Waals surface area (Å²) in [5, 5.41) is 0. The number of esters is 1. The predicted octanol–water partition coefficient (Wildman–Crippen LogP) is 3.51. The molecule has 0 saturated heterocycles. The molecule has 0 aromatic heterocycles. The van der Waals surface area contributed by atoms with E-state index in [9.17, 15) is 9.59 Å². The van der Waals surface area contributed by atoms with E-state index in [2.05, 4.69) is 0 Å². The lowest BCUT2D eigenvalue weighted by Crippen LogP contribution is -2.35. The van der Waals surface area contributed by atoms with Crippen LogP contribution < -0.4 is 5.73 Å². The second-order valence-electron chi connectivity index (χ2n) is 6.71. The molecule has 24 heavy (non-hydrogen) atoms. The fourth-order valence-corrected chi connectivity index (χ4v) is 2.39. The van der Waals surface area contributed by atoms with Gasteiger partial charge in [-0.2, -0.15) is 0 Å². The Labute approximate surface area is 142 Å². The molecule has 2 aromatic rings. The topological polar surface area (TPSA) is 69.4 Å². The van der Waals surface area contributed by atoms with Gasteiger partial charge in [-0.05, 0) is 37.5 Å². The molecule has 0 aliphatic carbocycles. The quantitative estimate of drug-likeness (QED) is 0.519. The molecule has 2 aromatic carbocycles. The van der Waals surface area contributed by atoms with Crippen LogP contribution in [0.25, 0.3) is 11.1 Å². The number of ether oxygens (including phenoxy) is 1. The molecule has 0 saturated carbocycles. The first-order valence-corrected chi connectivity index (χ1v) is 7.91. The summed E-state index contributed by atoms with van der Waals surface area (Å²) in [6.07, 6.45) is 0.559. The van der Waals surface area contributed by atoms with Gasteiger partial charge in [0.05, 0.1) is 0 Å². The fraction of sp³-hybridized carbons (Fsp3) is 0.300. The predicted molar refractivity (Wildman–Crippen MR) is 94.2 cm³/mol. The van der Waals surface area contributed by atoms with E-state index in [0.717, 1.165) is 16.7 Å². The van der Waals surface area contributed by atoms with Crippen LogP contribution in [0.15, 0.2) is 54.6 Å². The van der Waals surface area contributed by atoms with E-state index in [0.29, 0.717) is 6.29 Å². The van der Waals surface area contributed by atoms with Crippen molar-refractivity contribution in [3.8, 4) is 11.1 Å². The Kier molecular flexibility index (Phi) is 5.52. The number of nitrogens with two attached hydrogens (primary N) is 1. The van der Waals surface area contributed by atoms with Gasteiger partial charge >= 0.3 is 5.97 Å². The minimum atomic E-state index is -1.02. The molecular formula is C20H23NO3. The third-order valence-corrected chi connectivity index (χ3v) is 3.62. The SMILES string of the molecule is CC(C)(C)OC(=O)[C@@H](C=O)[C@@H](N)c1ccc(-c2ccccc2)cc1. The van der Waals surface area contributed by atoms with Gasteiger partial charge in [0.15, 0.2) is 0 Å². The number of carbonyl (C=O) groups is 2. The van der Waals surface area contributed by atoms with Crippen LogP contribution in [-0.2, 0) is 14.3 Å². The minimum absolute atomic E-state index is 0.559. The largest absolute Gasteiger partial charge is 0.459 e. The Morgan fingerprint density at radius 2 is 1.54 bits per heavy atom. The van der Waals surface area contributed by atoms with E-state index in [1.165, 1.54) is 0 Å². The van der Waals surface area contributed by atoms with Gasteiger partial charge in [-0.25, -0.2) is 0 Å². The standard InChI is InChI=1S/C20H23NO3/c1-20(2,3)24-19(23)17(13-22)18(21)16-11-9-15(10-12-16)14-7-5-4-6-8-14/h4-13,17-18H,21H2,1-3H3/t17-,18-/m0/s1. The van der Waals surface area contributed by atoms with Gasteiger partial charge in [0.25, 0.3) is 0 Å². The van der Waals surface area contributed by atoms with Gasteiger partial charge in [0, 0.05) is 6.04 Å². The molecule has 4 nitrogen and oxygen atoms in total. The number of carbonyl (C=O) groups excluding carboxylic acids is 2. The highest BCUT2D eigenvalue weighted by Gasteiger charge is 2.30. The molecule has 0 spiro atoms. The van der Waals surface area contributed by atoms with E-state index < -0.39 is 23.5 Å². The third-order valence-electron chi connectivity index (χ3n) is 3.62. The Morgan fingerprint density at radius 3 is 2.04 bits per heavy atom. The Morgan fingerprint density at radius 1 is 1.00 bits per heavy atom. The summed E-state index contributed by atoms with van der Waals surface area (Å²) in [5.74, 6) is -1.62. The smallest absolute Gasteiger partial charge is 0.318 e. The number of benzene rings is 2.